The second kappa shape index (κ2) is 4.09. The number of rotatable bonds is 3. The molecule has 0 atom stereocenters. The number of nitrogens with zero attached hydrogens (tertiary/aromatic N) is 3. The number of aromatic nitrogens is 3. The van der Waals surface area contributed by atoms with E-state index in [2.05, 4.69) is 26.1 Å². The van der Waals surface area contributed by atoms with Crippen molar-refractivity contribution in [3.05, 3.63) is 34.1 Å². The number of carboxylic acid groups (broad SMARTS) is 1. The van der Waals surface area contributed by atoms with Gasteiger partial charge in [-0.2, -0.15) is 4.98 Å². The van der Waals surface area contributed by atoms with Crippen LogP contribution in [-0.4, -0.2) is 25.8 Å². The SMILES string of the molecule is Cc1nc(Cn2cc(C(=O)O)cc2Br)no1. The first-order valence-corrected chi connectivity index (χ1v) is 5.23. The third-order valence-electron chi connectivity index (χ3n) is 1.97. The lowest BCUT2D eigenvalue weighted by molar-refractivity contribution is 0.0697. The van der Waals surface area contributed by atoms with Crippen LogP contribution >= 0.6 is 15.9 Å². The average Bonchev–Trinajstić information content (AvgIpc) is 2.75. The molecule has 0 fully saturated rings. The van der Waals surface area contributed by atoms with Crippen molar-refractivity contribution in [3.63, 3.8) is 0 Å². The van der Waals surface area contributed by atoms with Gasteiger partial charge < -0.3 is 14.2 Å². The van der Waals surface area contributed by atoms with Gasteiger partial charge in [0.15, 0.2) is 5.82 Å². The van der Waals surface area contributed by atoms with Crippen LogP contribution in [0.3, 0.4) is 0 Å². The zero-order chi connectivity index (χ0) is 11.7. The Hall–Kier alpha value is -1.63. The van der Waals surface area contributed by atoms with Crippen LogP contribution in [0.15, 0.2) is 21.4 Å². The maximum Gasteiger partial charge on any atom is 0.337 e. The maximum absolute atomic E-state index is 10.7. The van der Waals surface area contributed by atoms with E-state index in [-0.39, 0.29) is 5.56 Å². The Balaban J connectivity index is 2.24. The summed E-state index contributed by atoms with van der Waals surface area (Å²) in [6, 6.07) is 1.52. The van der Waals surface area contributed by atoms with Gasteiger partial charge in [-0.15, -0.1) is 0 Å². The normalized spacial score (nSPS) is 10.6. The molecule has 0 bridgehead atoms. The molecule has 2 aromatic rings. The van der Waals surface area contributed by atoms with Gasteiger partial charge in [0.1, 0.15) is 0 Å². The molecular weight excluding hydrogens is 278 g/mol. The second-order valence-electron chi connectivity index (χ2n) is 3.21. The van der Waals surface area contributed by atoms with Gasteiger partial charge in [-0.05, 0) is 22.0 Å². The third kappa shape index (κ3) is 2.13. The topological polar surface area (TPSA) is 81.2 Å². The summed E-state index contributed by atoms with van der Waals surface area (Å²) in [5.41, 5.74) is 0.215. The molecule has 0 radical (unpaired) electrons. The molecule has 0 aliphatic carbocycles. The van der Waals surface area contributed by atoms with Gasteiger partial charge in [0.05, 0.1) is 16.7 Å². The molecule has 0 aromatic carbocycles. The minimum absolute atomic E-state index is 0.215. The largest absolute Gasteiger partial charge is 0.478 e. The highest BCUT2D eigenvalue weighted by atomic mass is 79.9. The van der Waals surface area contributed by atoms with Crippen LogP contribution in [0, 0.1) is 6.92 Å². The van der Waals surface area contributed by atoms with Crippen LogP contribution in [0.25, 0.3) is 0 Å². The van der Waals surface area contributed by atoms with E-state index in [1.54, 1.807) is 11.5 Å². The molecule has 0 amide bonds. The number of hydrogen-bond donors (Lipinski definition) is 1. The van der Waals surface area contributed by atoms with Crippen LogP contribution < -0.4 is 0 Å². The Kier molecular flexibility index (Phi) is 2.78. The number of aryl methyl sites for hydroxylation is 1. The molecule has 2 aromatic heterocycles. The van der Waals surface area contributed by atoms with Crippen molar-refractivity contribution < 1.29 is 14.4 Å². The first-order chi connectivity index (χ1) is 7.56. The van der Waals surface area contributed by atoms with Gasteiger partial charge in [0, 0.05) is 13.1 Å². The molecule has 0 spiro atoms. The molecule has 0 aliphatic heterocycles. The number of halogens is 1. The summed E-state index contributed by atoms with van der Waals surface area (Å²) in [6.45, 7) is 2.06. The molecule has 6 nitrogen and oxygen atoms in total. The smallest absolute Gasteiger partial charge is 0.337 e. The Bertz CT molecular complexity index is 532. The summed E-state index contributed by atoms with van der Waals surface area (Å²) in [5, 5.41) is 12.5. The molecule has 7 heteroatoms. The second-order valence-corrected chi connectivity index (χ2v) is 4.03. The van der Waals surface area contributed by atoms with Crippen LogP contribution in [0.4, 0.5) is 0 Å². The van der Waals surface area contributed by atoms with E-state index in [0.717, 1.165) is 0 Å². The molecule has 0 saturated heterocycles. The number of carboxylic acids is 1. The fourth-order valence-corrected chi connectivity index (χ4v) is 1.75. The van der Waals surface area contributed by atoms with Crippen molar-refractivity contribution >= 4 is 21.9 Å². The average molecular weight is 286 g/mol. The van der Waals surface area contributed by atoms with Crippen molar-refractivity contribution in [2.75, 3.05) is 0 Å². The minimum Gasteiger partial charge on any atom is -0.478 e. The molecule has 0 unspecified atom stereocenters. The van der Waals surface area contributed by atoms with Crippen LogP contribution in [0.2, 0.25) is 0 Å². The van der Waals surface area contributed by atoms with Gasteiger partial charge in [0.2, 0.25) is 5.89 Å². The van der Waals surface area contributed by atoms with Crippen molar-refractivity contribution in [2.45, 2.75) is 13.5 Å². The Labute approximate surface area is 99.0 Å². The number of hydrogen-bond acceptors (Lipinski definition) is 4. The lowest BCUT2D eigenvalue weighted by Crippen LogP contribution is -2.01. The molecule has 1 N–H and O–H groups in total. The van der Waals surface area contributed by atoms with Crippen molar-refractivity contribution in [2.24, 2.45) is 0 Å². The molecule has 84 valence electrons. The number of carbonyl (C=O) groups is 1. The van der Waals surface area contributed by atoms with Crippen molar-refractivity contribution in [1.29, 1.82) is 0 Å². The molecule has 0 aliphatic rings. The van der Waals surface area contributed by atoms with Crippen LogP contribution in [-0.2, 0) is 6.54 Å². The molecular formula is C9H8BrN3O3. The fraction of sp³-hybridized carbons (Fsp3) is 0.222. The lowest BCUT2D eigenvalue weighted by Gasteiger charge is -1.98. The Morgan fingerprint density at radius 1 is 1.69 bits per heavy atom. The minimum atomic E-state index is -0.969. The molecule has 2 rings (SSSR count). The van der Waals surface area contributed by atoms with E-state index >= 15 is 0 Å². The van der Waals surface area contributed by atoms with Gasteiger partial charge in [-0.3, -0.25) is 0 Å². The fourth-order valence-electron chi connectivity index (χ4n) is 1.27. The Morgan fingerprint density at radius 2 is 2.44 bits per heavy atom. The summed E-state index contributed by atoms with van der Waals surface area (Å²) in [7, 11) is 0. The van der Waals surface area contributed by atoms with Gasteiger partial charge in [-0.1, -0.05) is 5.16 Å². The lowest BCUT2D eigenvalue weighted by atomic mass is 10.4. The number of aromatic carboxylic acids is 1. The third-order valence-corrected chi connectivity index (χ3v) is 2.66. The zero-order valence-electron chi connectivity index (χ0n) is 8.35. The van der Waals surface area contributed by atoms with E-state index in [1.165, 1.54) is 12.3 Å². The zero-order valence-corrected chi connectivity index (χ0v) is 9.93. The van der Waals surface area contributed by atoms with Crippen molar-refractivity contribution in [3.8, 4) is 0 Å². The van der Waals surface area contributed by atoms with E-state index in [4.69, 9.17) is 9.63 Å². The predicted octanol–water partition coefficient (Wildman–Crippen LogP) is 1.69. The van der Waals surface area contributed by atoms with Gasteiger partial charge >= 0.3 is 5.97 Å². The van der Waals surface area contributed by atoms with E-state index in [1.807, 2.05) is 0 Å². The first kappa shape index (κ1) is 10.9. The summed E-state index contributed by atoms with van der Waals surface area (Å²) in [4.78, 5) is 14.8. The summed E-state index contributed by atoms with van der Waals surface area (Å²) < 4.78 is 7.17. The standard InChI is InChI=1S/C9H8BrN3O3/c1-5-11-8(12-16-5)4-13-3-6(9(14)15)2-7(13)10/h2-3H,4H2,1H3,(H,14,15). The van der Waals surface area contributed by atoms with E-state index in [9.17, 15) is 4.79 Å². The maximum atomic E-state index is 10.7. The summed E-state index contributed by atoms with van der Waals surface area (Å²) >= 11 is 3.26. The predicted molar refractivity (Wildman–Crippen MR) is 57.2 cm³/mol. The summed E-state index contributed by atoms with van der Waals surface area (Å²) in [6.07, 6.45) is 1.51. The monoisotopic (exact) mass is 285 g/mol. The quantitative estimate of drug-likeness (QED) is 0.928. The highest BCUT2D eigenvalue weighted by Gasteiger charge is 2.11. The highest BCUT2D eigenvalue weighted by Crippen LogP contribution is 2.16. The van der Waals surface area contributed by atoms with E-state index < -0.39 is 5.97 Å². The highest BCUT2D eigenvalue weighted by molar-refractivity contribution is 9.10. The van der Waals surface area contributed by atoms with Gasteiger partial charge in [-0.25, -0.2) is 4.79 Å². The van der Waals surface area contributed by atoms with Crippen LogP contribution in [0.5, 0.6) is 0 Å². The van der Waals surface area contributed by atoms with Crippen LogP contribution in [0.1, 0.15) is 22.1 Å². The first-order valence-electron chi connectivity index (χ1n) is 4.44. The molecule has 2 heterocycles. The van der Waals surface area contributed by atoms with E-state index in [0.29, 0.717) is 22.9 Å². The molecule has 0 saturated carbocycles. The van der Waals surface area contributed by atoms with Gasteiger partial charge in [0.25, 0.3) is 0 Å². The van der Waals surface area contributed by atoms with Crippen molar-refractivity contribution in [1.82, 2.24) is 14.7 Å². The Morgan fingerprint density at radius 3 is 2.94 bits per heavy atom. The summed E-state index contributed by atoms with van der Waals surface area (Å²) in [5.74, 6) is 0.0196. The molecule has 16 heavy (non-hydrogen) atoms.